The number of rotatable bonds is 8. The van der Waals surface area contributed by atoms with Crippen LogP contribution in [-0.2, 0) is 27.8 Å². The zero-order valence-corrected chi connectivity index (χ0v) is 16.9. The van der Waals surface area contributed by atoms with Gasteiger partial charge >= 0.3 is 0 Å². The zero-order valence-electron chi connectivity index (χ0n) is 16.1. The minimum absolute atomic E-state index is 0.250. The third-order valence-electron chi connectivity index (χ3n) is 4.33. The Balaban J connectivity index is 2.19. The number of amides is 1. The van der Waals surface area contributed by atoms with E-state index in [1.807, 2.05) is 43.3 Å². The van der Waals surface area contributed by atoms with Crippen LogP contribution in [0.1, 0.15) is 25.0 Å². The van der Waals surface area contributed by atoms with Crippen LogP contribution in [0.3, 0.4) is 0 Å². The van der Waals surface area contributed by atoms with Gasteiger partial charge in [0.05, 0.1) is 19.1 Å². The fraction of sp³-hybridized carbons (Fsp3) is 0.350. The van der Waals surface area contributed by atoms with Gasteiger partial charge in [-0.05, 0) is 37.1 Å². The molecule has 0 aromatic heterocycles. The number of benzene rings is 2. The minimum Gasteiger partial charge on any atom is -0.496 e. The van der Waals surface area contributed by atoms with Crippen molar-refractivity contribution in [3.8, 4) is 5.75 Å². The highest BCUT2D eigenvalue weighted by atomic mass is 32.2. The molecule has 6 nitrogen and oxygen atoms in total. The maximum absolute atomic E-state index is 12.6. The maximum Gasteiger partial charge on any atom is 0.243 e. The fourth-order valence-corrected chi connectivity index (χ4v) is 4.04. The van der Waals surface area contributed by atoms with Gasteiger partial charge in [-0.2, -0.15) is 0 Å². The zero-order chi connectivity index (χ0) is 20.0. The van der Waals surface area contributed by atoms with Crippen molar-refractivity contribution < 1.29 is 17.9 Å². The predicted molar refractivity (Wildman–Crippen MR) is 107 cm³/mol. The summed E-state index contributed by atoms with van der Waals surface area (Å²) >= 11 is 0. The van der Waals surface area contributed by atoms with Crippen molar-refractivity contribution >= 4 is 21.6 Å². The molecule has 0 saturated carbocycles. The van der Waals surface area contributed by atoms with E-state index >= 15 is 0 Å². The molecular formula is C20H26N2O4S. The number of aryl methyl sites for hydroxylation is 1. The van der Waals surface area contributed by atoms with Crippen molar-refractivity contribution in [3.63, 3.8) is 0 Å². The highest BCUT2D eigenvalue weighted by Crippen LogP contribution is 2.22. The second kappa shape index (κ2) is 8.90. The van der Waals surface area contributed by atoms with Crippen molar-refractivity contribution in [2.75, 3.05) is 17.7 Å². The van der Waals surface area contributed by atoms with Crippen LogP contribution in [0.4, 0.5) is 5.69 Å². The number of nitrogens with zero attached hydrogens (tertiary/aromatic N) is 1. The number of hydrogen-bond donors (Lipinski definition) is 1. The number of anilines is 1. The molecule has 2 aromatic carbocycles. The average Bonchev–Trinajstić information content (AvgIpc) is 2.65. The van der Waals surface area contributed by atoms with Crippen LogP contribution < -0.4 is 14.4 Å². The molecule has 0 aliphatic carbocycles. The highest BCUT2D eigenvalue weighted by molar-refractivity contribution is 7.92. The molecule has 0 aliphatic heterocycles. The summed E-state index contributed by atoms with van der Waals surface area (Å²) in [4.78, 5) is 12.6. The third-order valence-corrected chi connectivity index (χ3v) is 5.57. The second-order valence-electron chi connectivity index (χ2n) is 6.28. The van der Waals surface area contributed by atoms with Gasteiger partial charge in [-0.1, -0.05) is 37.3 Å². The lowest BCUT2D eigenvalue weighted by atomic mass is 10.1. The molecule has 1 N–H and O–H groups in total. The van der Waals surface area contributed by atoms with Crippen LogP contribution in [0.25, 0.3) is 0 Å². The number of hydrogen-bond acceptors (Lipinski definition) is 4. The van der Waals surface area contributed by atoms with E-state index in [4.69, 9.17) is 4.74 Å². The van der Waals surface area contributed by atoms with Gasteiger partial charge in [0.1, 0.15) is 11.8 Å². The number of para-hydroxylation sites is 1. The Labute approximate surface area is 161 Å². The predicted octanol–water partition coefficient (Wildman–Crippen LogP) is 2.73. The summed E-state index contributed by atoms with van der Waals surface area (Å²) < 4.78 is 31.1. The Kier molecular flexibility index (Phi) is 6.85. The summed E-state index contributed by atoms with van der Waals surface area (Å²) in [6, 6.07) is 13.7. The lowest BCUT2D eigenvalue weighted by Crippen LogP contribution is -2.47. The van der Waals surface area contributed by atoms with E-state index in [9.17, 15) is 13.2 Å². The van der Waals surface area contributed by atoms with E-state index in [-0.39, 0.29) is 12.5 Å². The molecule has 0 heterocycles. The van der Waals surface area contributed by atoms with Crippen molar-refractivity contribution in [3.05, 3.63) is 59.7 Å². The van der Waals surface area contributed by atoms with Gasteiger partial charge in [-0.3, -0.25) is 9.10 Å². The van der Waals surface area contributed by atoms with E-state index in [1.54, 1.807) is 26.2 Å². The van der Waals surface area contributed by atoms with Crippen molar-refractivity contribution in [2.45, 2.75) is 32.9 Å². The van der Waals surface area contributed by atoms with Crippen LogP contribution in [-0.4, -0.2) is 33.7 Å². The number of nitrogens with one attached hydrogen (secondary N) is 1. The number of carbonyl (C=O) groups excluding carboxylic acids is 1. The quantitative estimate of drug-likeness (QED) is 0.752. The van der Waals surface area contributed by atoms with E-state index < -0.39 is 16.1 Å². The van der Waals surface area contributed by atoms with Gasteiger partial charge < -0.3 is 10.1 Å². The Hall–Kier alpha value is -2.54. The van der Waals surface area contributed by atoms with Gasteiger partial charge in [0.25, 0.3) is 0 Å². The molecule has 0 unspecified atom stereocenters. The van der Waals surface area contributed by atoms with Crippen LogP contribution >= 0.6 is 0 Å². The standard InChI is InChI=1S/C20H26N2O4S/c1-5-16-10-12-18(13-11-16)22(27(4,24)25)15(2)20(23)21-14-17-8-6-7-9-19(17)26-3/h6-13,15H,5,14H2,1-4H3,(H,21,23)/t15-/m0/s1. The van der Waals surface area contributed by atoms with Crippen molar-refractivity contribution in [1.82, 2.24) is 5.32 Å². The van der Waals surface area contributed by atoms with Crippen LogP contribution in [0.2, 0.25) is 0 Å². The van der Waals surface area contributed by atoms with Crippen LogP contribution in [0.15, 0.2) is 48.5 Å². The molecule has 7 heteroatoms. The van der Waals surface area contributed by atoms with Crippen molar-refractivity contribution in [2.24, 2.45) is 0 Å². The van der Waals surface area contributed by atoms with E-state index in [0.29, 0.717) is 11.4 Å². The number of carbonyl (C=O) groups is 1. The number of ether oxygens (including phenoxy) is 1. The Morgan fingerprint density at radius 2 is 1.78 bits per heavy atom. The normalized spacial score (nSPS) is 12.3. The summed E-state index contributed by atoms with van der Waals surface area (Å²) in [5.41, 5.74) is 2.38. The summed E-state index contributed by atoms with van der Waals surface area (Å²) in [6.07, 6.45) is 1.96. The SMILES string of the molecule is CCc1ccc(N([C@@H](C)C(=O)NCc2ccccc2OC)S(C)(=O)=O)cc1. The highest BCUT2D eigenvalue weighted by Gasteiger charge is 2.29. The number of sulfonamides is 1. The molecule has 0 spiro atoms. The number of methoxy groups -OCH3 is 1. The monoisotopic (exact) mass is 390 g/mol. The Morgan fingerprint density at radius 3 is 2.33 bits per heavy atom. The lowest BCUT2D eigenvalue weighted by molar-refractivity contribution is -0.122. The molecule has 0 saturated heterocycles. The molecule has 146 valence electrons. The maximum atomic E-state index is 12.6. The smallest absolute Gasteiger partial charge is 0.243 e. The second-order valence-corrected chi connectivity index (χ2v) is 8.14. The lowest BCUT2D eigenvalue weighted by Gasteiger charge is -2.28. The van der Waals surface area contributed by atoms with E-state index in [1.165, 1.54) is 0 Å². The van der Waals surface area contributed by atoms with Gasteiger partial charge in [0.15, 0.2) is 0 Å². The molecular weight excluding hydrogens is 364 g/mol. The topological polar surface area (TPSA) is 75.7 Å². The van der Waals surface area contributed by atoms with Gasteiger partial charge in [-0.25, -0.2) is 8.42 Å². The molecule has 0 fully saturated rings. The largest absolute Gasteiger partial charge is 0.496 e. The van der Waals surface area contributed by atoms with Crippen LogP contribution in [0.5, 0.6) is 5.75 Å². The molecule has 1 atom stereocenters. The van der Waals surface area contributed by atoms with Crippen molar-refractivity contribution in [1.29, 1.82) is 0 Å². The fourth-order valence-electron chi connectivity index (χ4n) is 2.87. The first kappa shape index (κ1) is 20.8. The van der Waals surface area contributed by atoms with Crippen LogP contribution in [0, 0.1) is 0 Å². The first-order chi connectivity index (χ1) is 12.8. The molecule has 0 aliphatic rings. The summed E-state index contributed by atoms with van der Waals surface area (Å²) in [5, 5.41) is 2.79. The molecule has 2 rings (SSSR count). The first-order valence-electron chi connectivity index (χ1n) is 8.75. The summed E-state index contributed by atoms with van der Waals surface area (Å²) in [5.74, 6) is 0.284. The summed E-state index contributed by atoms with van der Waals surface area (Å²) in [7, 11) is -2.07. The minimum atomic E-state index is -3.63. The third kappa shape index (κ3) is 5.23. The first-order valence-corrected chi connectivity index (χ1v) is 10.6. The average molecular weight is 391 g/mol. The Bertz CT molecular complexity index is 879. The van der Waals surface area contributed by atoms with E-state index in [2.05, 4.69) is 5.32 Å². The summed E-state index contributed by atoms with van der Waals surface area (Å²) in [6.45, 7) is 3.85. The molecule has 0 radical (unpaired) electrons. The molecule has 1 amide bonds. The molecule has 0 bridgehead atoms. The van der Waals surface area contributed by atoms with E-state index in [0.717, 1.165) is 28.1 Å². The van der Waals surface area contributed by atoms with Gasteiger partial charge in [-0.15, -0.1) is 0 Å². The van der Waals surface area contributed by atoms with Gasteiger partial charge in [0, 0.05) is 12.1 Å². The molecule has 27 heavy (non-hydrogen) atoms. The van der Waals surface area contributed by atoms with Gasteiger partial charge in [0.2, 0.25) is 15.9 Å². The molecule has 2 aromatic rings. The Morgan fingerprint density at radius 1 is 1.15 bits per heavy atom.